The minimum absolute atomic E-state index is 0.152. The van der Waals surface area contributed by atoms with Crippen molar-refractivity contribution < 1.29 is 4.39 Å². The zero-order chi connectivity index (χ0) is 12.1. The van der Waals surface area contributed by atoms with Gasteiger partial charge in [0.15, 0.2) is 0 Å². The summed E-state index contributed by atoms with van der Waals surface area (Å²) in [7, 11) is 0. The first-order chi connectivity index (χ1) is 7.60. The Kier molecular flexibility index (Phi) is 4.94. The fourth-order valence-electron chi connectivity index (χ4n) is 2.06. The Balaban J connectivity index is 3.00. The van der Waals surface area contributed by atoms with E-state index in [1.807, 2.05) is 13.0 Å². The Morgan fingerprint density at radius 1 is 1.31 bits per heavy atom. The number of nitrogens with one attached hydrogen (secondary N) is 1. The highest BCUT2D eigenvalue weighted by molar-refractivity contribution is 5.30. The molecule has 0 aromatic heterocycles. The number of aryl methyl sites for hydroxylation is 1. The smallest absolute Gasteiger partial charge is 0.123 e. The number of hydrogen-bond donors (Lipinski definition) is 1. The molecule has 16 heavy (non-hydrogen) atoms. The van der Waals surface area contributed by atoms with E-state index in [0.717, 1.165) is 18.5 Å². The van der Waals surface area contributed by atoms with Gasteiger partial charge in [-0.25, -0.2) is 4.39 Å². The Bertz CT molecular complexity index is 336. The van der Waals surface area contributed by atoms with Gasteiger partial charge < -0.3 is 5.32 Å². The van der Waals surface area contributed by atoms with Gasteiger partial charge in [0.1, 0.15) is 5.82 Å². The van der Waals surface area contributed by atoms with E-state index in [0.29, 0.717) is 12.0 Å². The van der Waals surface area contributed by atoms with Crippen LogP contribution in [0, 0.1) is 18.7 Å². The number of rotatable bonds is 5. The Labute approximate surface area is 98.1 Å². The van der Waals surface area contributed by atoms with Crippen LogP contribution in [0.3, 0.4) is 0 Å². The Morgan fingerprint density at radius 3 is 2.50 bits per heavy atom. The third-order valence-electron chi connectivity index (χ3n) is 3.20. The minimum Gasteiger partial charge on any atom is -0.310 e. The molecule has 0 radical (unpaired) electrons. The molecule has 0 heterocycles. The number of hydrogen-bond acceptors (Lipinski definition) is 1. The summed E-state index contributed by atoms with van der Waals surface area (Å²) in [5.41, 5.74) is 2.25. The molecule has 0 aliphatic carbocycles. The van der Waals surface area contributed by atoms with Crippen molar-refractivity contribution in [2.45, 2.75) is 40.2 Å². The SMILES string of the molecule is CCNC(c1ccc(F)cc1C)C(C)CC. The molecule has 1 N–H and O–H groups in total. The number of benzene rings is 1. The van der Waals surface area contributed by atoms with Gasteiger partial charge in [0.2, 0.25) is 0 Å². The highest BCUT2D eigenvalue weighted by atomic mass is 19.1. The maximum atomic E-state index is 13.1. The first-order valence-electron chi connectivity index (χ1n) is 6.09. The van der Waals surface area contributed by atoms with Crippen LogP contribution in [-0.4, -0.2) is 6.54 Å². The van der Waals surface area contributed by atoms with E-state index in [9.17, 15) is 4.39 Å². The van der Waals surface area contributed by atoms with Gasteiger partial charge in [-0.1, -0.05) is 33.3 Å². The van der Waals surface area contributed by atoms with Crippen LogP contribution in [0.15, 0.2) is 18.2 Å². The standard InChI is InChI=1S/C14H22FN/c1-5-10(3)14(16-6-2)13-8-7-12(15)9-11(13)4/h7-10,14,16H,5-6H2,1-4H3. The first kappa shape index (κ1) is 13.2. The molecule has 2 atom stereocenters. The van der Waals surface area contributed by atoms with Crippen molar-refractivity contribution in [3.63, 3.8) is 0 Å². The lowest BCUT2D eigenvalue weighted by Crippen LogP contribution is -2.27. The third kappa shape index (κ3) is 3.05. The summed E-state index contributed by atoms with van der Waals surface area (Å²) in [4.78, 5) is 0. The highest BCUT2D eigenvalue weighted by Crippen LogP contribution is 2.27. The molecule has 1 aromatic carbocycles. The quantitative estimate of drug-likeness (QED) is 0.800. The molecule has 1 rings (SSSR count). The van der Waals surface area contributed by atoms with Crippen molar-refractivity contribution in [1.82, 2.24) is 5.32 Å². The molecule has 0 bridgehead atoms. The van der Waals surface area contributed by atoms with Gasteiger partial charge in [-0.05, 0) is 42.6 Å². The summed E-state index contributed by atoms with van der Waals surface area (Å²) < 4.78 is 13.1. The second kappa shape index (κ2) is 6.00. The number of halogens is 1. The van der Waals surface area contributed by atoms with E-state index >= 15 is 0 Å². The van der Waals surface area contributed by atoms with E-state index in [-0.39, 0.29) is 5.82 Å². The molecule has 0 saturated carbocycles. The summed E-state index contributed by atoms with van der Waals surface area (Å²) in [5, 5.41) is 3.49. The molecule has 0 amide bonds. The summed E-state index contributed by atoms with van der Waals surface area (Å²) in [6.45, 7) is 9.44. The van der Waals surface area contributed by atoms with Crippen molar-refractivity contribution in [2.24, 2.45) is 5.92 Å². The van der Waals surface area contributed by atoms with Crippen LogP contribution in [-0.2, 0) is 0 Å². The van der Waals surface area contributed by atoms with Crippen LogP contribution in [0.1, 0.15) is 44.4 Å². The topological polar surface area (TPSA) is 12.0 Å². The maximum Gasteiger partial charge on any atom is 0.123 e. The summed E-state index contributed by atoms with van der Waals surface area (Å²) in [5.74, 6) is 0.407. The fourth-order valence-corrected chi connectivity index (χ4v) is 2.06. The maximum absolute atomic E-state index is 13.1. The first-order valence-corrected chi connectivity index (χ1v) is 6.09. The molecule has 2 heteroatoms. The molecule has 0 saturated heterocycles. The monoisotopic (exact) mass is 223 g/mol. The van der Waals surface area contributed by atoms with Crippen molar-refractivity contribution in [2.75, 3.05) is 6.54 Å². The Morgan fingerprint density at radius 2 is 2.00 bits per heavy atom. The average Bonchev–Trinajstić information content (AvgIpc) is 2.26. The van der Waals surface area contributed by atoms with E-state index < -0.39 is 0 Å². The zero-order valence-corrected chi connectivity index (χ0v) is 10.7. The van der Waals surface area contributed by atoms with Crippen molar-refractivity contribution in [3.8, 4) is 0 Å². The van der Waals surface area contributed by atoms with Gasteiger partial charge in [0.25, 0.3) is 0 Å². The van der Waals surface area contributed by atoms with Gasteiger partial charge >= 0.3 is 0 Å². The van der Waals surface area contributed by atoms with Gasteiger partial charge in [0, 0.05) is 6.04 Å². The van der Waals surface area contributed by atoms with Crippen molar-refractivity contribution >= 4 is 0 Å². The van der Waals surface area contributed by atoms with E-state index in [4.69, 9.17) is 0 Å². The lowest BCUT2D eigenvalue weighted by Gasteiger charge is -2.26. The van der Waals surface area contributed by atoms with Crippen molar-refractivity contribution in [3.05, 3.63) is 35.1 Å². The molecule has 0 aliphatic rings. The van der Waals surface area contributed by atoms with Gasteiger partial charge in [-0.15, -0.1) is 0 Å². The van der Waals surface area contributed by atoms with Crippen LogP contribution in [0.4, 0.5) is 4.39 Å². The van der Waals surface area contributed by atoms with Crippen LogP contribution < -0.4 is 5.32 Å². The van der Waals surface area contributed by atoms with Crippen molar-refractivity contribution in [1.29, 1.82) is 0 Å². The predicted octanol–water partition coefficient (Wildman–Crippen LogP) is 3.83. The second-order valence-corrected chi connectivity index (χ2v) is 4.42. The predicted molar refractivity (Wildman–Crippen MR) is 67.0 cm³/mol. The molecular weight excluding hydrogens is 201 g/mol. The minimum atomic E-state index is -0.152. The summed E-state index contributed by atoms with van der Waals surface area (Å²) in [6.07, 6.45) is 1.12. The molecule has 1 aromatic rings. The molecule has 90 valence electrons. The van der Waals surface area contributed by atoms with E-state index in [2.05, 4.69) is 26.1 Å². The van der Waals surface area contributed by atoms with Gasteiger partial charge in [0.05, 0.1) is 0 Å². The van der Waals surface area contributed by atoms with Crippen LogP contribution in [0.5, 0.6) is 0 Å². The molecule has 1 nitrogen and oxygen atoms in total. The zero-order valence-electron chi connectivity index (χ0n) is 10.7. The largest absolute Gasteiger partial charge is 0.310 e. The molecule has 0 aliphatic heterocycles. The van der Waals surface area contributed by atoms with Gasteiger partial charge in [-0.2, -0.15) is 0 Å². The third-order valence-corrected chi connectivity index (χ3v) is 3.20. The normalized spacial score (nSPS) is 14.8. The lowest BCUT2D eigenvalue weighted by atomic mass is 9.90. The molecule has 2 unspecified atom stereocenters. The second-order valence-electron chi connectivity index (χ2n) is 4.42. The molecular formula is C14H22FN. The van der Waals surface area contributed by atoms with E-state index in [1.54, 1.807) is 12.1 Å². The molecule has 0 spiro atoms. The van der Waals surface area contributed by atoms with Crippen LogP contribution in [0.2, 0.25) is 0 Å². The van der Waals surface area contributed by atoms with Gasteiger partial charge in [-0.3, -0.25) is 0 Å². The molecule has 0 fully saturated rings. The average molecular weight is 223 g/mol. The fraction of sp³-hybridized carbons (Fsp3) is 0.571. The highest BCUT2D eigenvalue weighted by Gasteiger charge is 2.18. The van der Waals surface area contributed by atoms with Crippen LogP contribution >= 0.6 is 0 Å². The summed E-state index contributed by atoms with van der Waals surface area (Å²) in [6, 6.07) is 5.40. The summed E-state index contributed by atoms with van der Waals surface area (Å²) >= 11 is 0. The van der Waals surface area contributed by atoms with E-state index in [1.165, 1.54) is 5.56 Å². The lowest BCUT2D eigenvalue weighted by molar-refractivity contribution is 0.382. The van der Waals surface area contributed by atoms with Crippen LogP contribution in [0.25, 0.3) is 0 Å². The Hall–Kier alpha value is -0.890.